The zero-order valence-corrected chi connectivity index (χ0v) is 11.8. The number of aryl methyl sites for hydroxylation is 2. The molecule has 1 N–H and O–H groups in total. The molecule has 1 heterocycles. The molecule has 0 amide bonds. The molecule has 2 aromatic rings. The van der Waals surface area contributed by atoms with Crippen LogP contribution in [0.3, 0.4) is 0 Å². The van der Waals surface area contributed by atoms with Crippen LogP contribution in [0.2, 0.25) is 0 Å². The maximum Gasteiger partial charge on any atom is 0.132 e. The van der Waals surface area contributed by atoms with Crippen LogP contribution in [0.15, 0.2) is 18.5 Å². The highest BCUT2D eigenvalue weighted by molar-refractivity contribution is 7.71. The summed E-state index contributed by atoms with van der Waals surface area (Å²) in [6.45, 7) is 6.08. The molecule has 18 heavy (non-hydrogen) atoms. The third kappa shape index (κ3) is 2.16. The molecule has 0 aliphatic carbocycles. The third-order valence-corrected chi connectivity index (χ3v) is 3.51. The molecule has 4 heteroatoms. The quantitative estimate of drug-likeness (QED) is 0.836. The Hall–Kier alpha value is -1.68. The molecule has 0 spiro atoms. The van der Waals surface area contributed by atoms with Gasteiger partial charge in [-0.2, -0.15) is 0 Å². The molecule has 0 unspecified atom stereocenters. The second kappa shape index (κ2) is 4.90. The molecule has 94 valence electrons. The summed E-state index contributed by atoms with van der Waals surface area (Å²) >= 11 is 5.21. The lowest BCUT2D eigenvalue weighted by Gasteiger charge is -2.13. The van der Waals surface area contributed by atoms with E-state index >= 15 is 0 Å². The first-order valence-electron chi connectivity index (χ1n) is 5.74. The number of nitrogens with one attached hydrogen (secondary N) is 1. The lowest BCUT2D eigenvalue weighted by molar-refractivity contribution is 0.411. The number of methoxy groups -OCH3 is 1. The number of hydrogen-bond acceptors (Lipinski definition) is 3. The van der Waals surface area contributed by atoms with Crippen LogP contribution in [0, 0.1) is 25.4 Å². The van der Waals surface area contributed by atoms with Gasteiger partial charge in [-0.05, 0) is 44.0 Å². The summed E-state index contributed by atoms with van der Waals surface area (Å²) in [5.41, 5.74) is 5.42. The number of rotatable bonds is 2. The van der Waals surface area contributed by atoms with Crippen molar-refractivity contribution in [3.05, 3.63) is 39.8 Å². The number of aromatic nitrogens is 2. The van der Waals surface area contributed by atoms with Crippen molar-refractivity contribution >= 4 is 12.2 Å². The second-order valence-corrected chi connectivity index (χ2v) is 4.73. The van der Waals surface area contributed by atoms with E-state index in [4.69, 9.17) is 17.0 Å². The molecule has 0 fully saturated rings. The van der Waals surface area contributed by atoms with Gasteiger partial charge in [0.25, 0.3) is 0 Å². The summed E-state index contributed by atoms with van der Waals surface area (Å²) in [7, 11) is 1.69. The normalized spacial score (nSPS) is 10.4. The van der Waals surface area contributed by atoms with Crippen LogP contribution in [0.1, 0.15) is 16.7 Å². The Morgan fingerprint density at radius 2 is 1.89 bits per heavy atom. The van der Waals surface area contributed by atoms with Crippen molar-refractivity contribution in [1.29, 1.82) is 0 Å². The molecule has 3 nitrogen and oxygen atoms in total. The van der Waals surface area contributed by atoms with Crippen molar-refractivity contribution in [3.8, 4) is 17.0 Å². The zero-order valence-electron chi connectivity index (χ0n) is 11.0. The Morgan fingerprint density at radius 1 is 1.17 bits per heavy atom. The average Bonchev–Trinajstić information content (AvgIpc) is 2.35. The van der Waals surface area contributed by atoms with Gasteiger partial charge in [-0.15, -0.1) is 0 Å². The largest absolute Gasteiger partial charge is 0.496 e. The van der Waals surface area contributed by atoms with Gasteiger partial charge in [0.05, 0.1) is 19.1 Å². The Morgan fingerprint density at radius 3 is 2.56 bits per heavy atom. The molecule has 0 aliphatic heterocycles. The van der Waals surface area contributed by atoms with Gasteiger partial charge >= 0.3 is 0 Å². The fraction of sp³-hybridized carbons (Fsp3) is 0.286. The van der Waals surface area contributed by atoms with E-state index in [9.17, 15) is 0 Å². The van der Waals surface area contributed by atoms with Gasteiger partial charge < -0.3 is 9.72 Å². The summed E-state index contributed by atoms with van der Waals surface area (Å²) in [4.78, 5) is 7.27. The highest BCUT2D eigenvalue weighted by atomic mass is 32.1. The van der Waals surface area contributed by atoms with Gasteiger partial charge in [0, 0.05) is 11.1 Å². The van der Waals surface area contributed by atoms with Crippen molar-refractivity contribution in [1.82, 2.24) is 9.97 Å². The lowest BCUT2D eigenvalue weighted by Crippen LogP contribution is -1.96. The Kier molecular flexibility index (Phi) is 3.48. The Balaban J connectivity index is 2.68. The third-order valence-electron chi connectivity index (χ3n) is 3.10. The van der Waals surface area contributed by atoms with E-state index in [0.717, 1.165) is 33.7 Å². The van der Waals surface area contributed by atoms with Crippen LogP contribution in [-0.4, -0.2) is 17.1 Å². The minimum absolute atomic E-state index is 0.636. The SMILES string of the molecule is COc1cc(C)c(-c2[nH]cnc(=S)c2C)cc1C. The van der Waals surface area contributed by atoms with Crippen molar-refractivity contribution in [3.63, 3.8) is 0 Å². The van der Waals surface area contributed by atoms with Crippen molar-refractivity contribution in [2.75, 3.05) is 7.11 Å². The summed E-state index contributed by atoms with van der Waals surface area (Å²) in [6, 6.07) is 4.16. The predicted molar refractivity (Wildman–Crippen MR) is 75.6 cm³/mol. The number of hydrogen-bond donors (Lipinski definition) is 1. The molecular formula is C14H16N2OS. The van der Waals surface area contributed by atoms with E-state index in [1.54, 1.807) is 13.4 Å². The molecule has 0 aliphatic rings. The molecule has 0 saturated carbocycles. The number of benzene rings is 1. The minimum atomic E-state index is 0.636. The second-order valence-electron chi connectivity index (χ2n) is 4.34. The topological polar surface area (TPSA) is 37.9 Å². The van der Waals surface area contributed by atoms with E-state index in [1.807, 2.05) is 19.9 Å². The van der Waals surface area contributed by atoms with Crippen molar-refractivity contribution in [2.45, 2.75) is 20.8 Å². The molecule has 0 bridgehead atoms. The molecule has 0 radical (unpaired) electrons. The van der Waals surface area contributed by atoms with Gasteiger partial charge in [-0.1, -0.05) is 12.2 Å². The van der Waals surface area contributed by atoms with E-state index in [0.29, 0.717) is 4.64 Å². The highest BCUT2D eigenvalue weighted by Gasteiger charge is 2.10. The van der Waals surface area contributed by atoms with Crippen LogP contribution in [-0.2, 0) is 0 Å². The summed E-state index contributed by atoms with van der Waals surface area (Å²) in [5, 5.41) is 0. The highest BCUT2D eigenvalue weighted by Crippen LogP contribution is 2.30. The van der Waals surface area contributed by atoms with E-state index in [1.165, 1.54) is 0 Å². The number of H-pyrrole nitrogens is 1. The Bertz CT molecular complexity index is 647. The lowest BCUT2D eigenvalue weighted by atomic mass is 9.99. The molecule has 1 aromatic carbocycles. The van der Waals surface area contributed by atoms with Gasteiger partial charge in [0.15, 0.2) is 0 Å². The minimum Gasteiger partial charge on any atom is -0.496 e. The molecule has 0 saturated heterocycles. The fourth-order valence-electron chi connectivity index (χ4n) is 2.03. The summed E-state index contributed by atoms with van der Waals surface area (Å²) < 4.78 is 5.96. The summed E-state index contributed by atoms with van der Waals surface area (Å²) in [6.07, 6.45) is 1.64. The van der Waals surface area contributed by atoms with E-state index in [-0.39, 0.29) is 0 Å². The molecule has 1 aromatic heterocycles. The van der Waals surface area contributed by atoms with Crippen LogP contribution in [0.25, 0.3) is 11.3 Å². The van der Waals surface area contributed by atoms with Crippen LogP contribution in [0.5, 0.6) is 5.75 Å². The molecule has 0 atom stereocenters. The Labute approximate surface area is 112 Å². The van der Waals surface area contributed by atoms with E-state index in [2.05, 4.69) is 23.0 Å². The first-order valence-corrected chi connectivity index (χ1v) is 6.15. The monoisotopic (exact) mass is 260 g/mol. The zero-order chi connectivity index (χ0) is 13.3. The molecular weight excluding hydrogens is 244 g/mol. The van der Waals surface area contributed by atoms with Crippen LogP contribution in [0.4, 0.5) is 0 Å². The first kappa shape index (κ1) is 12.8. The predicted octanol–water partition coefficient (Wildman–Crippen LogP) is 3.74. The van der Waals surface area contributed by atoms with E-state index < -0.39 is 0 Å². The van der Waals surface area contributed by atoms with Crippen molar-refractivity contribution in [2.24, 2.45) is 0 Å². The number of nitrogens with zero attached hydrogens (tertiary/aromatic N) is 1. The standard InChI is InChI=1S/C14H16N2OS/c1-8-6-12(17-4)9(2)5-11(8)13-10(3)14(18)16-7-15-13/h5-7H,1-4H3,(H,15,16,18). The fourth-order valence-corrected chi connectivity index (χ4v) is 2.18. The maximum absolute atomic E-state index is 5.33. The van der Waals surface area contributed by atoms with Gasteiger partial charge in [0.2, 0.25) is 0 Å². The van der Waals surface area contributed by atoms with Gasteiger partial charge in [0.1, 0.15) is 10.4 Å². The smallest absolute Gasteiger partial charge is 0.132 e. The molecule has 2 rings (SSSR count). The first-order chi connectivity index (χ1) is 8.54. The maximum atomic E-state index is 5.33. The van der Waals surface area contributed by atoms with Crippen LogP contribution < -0.4 is 4.74 Å². The van der Waals surface area contributed by atoms with Crippen LogP contribution >= 0.6 is 12.2 Å². The average molecular weight is 260 g/mol. The van der Waals surface area contributed by atoms with Gasteiger partial charge in [-0.3, -0.25) is 0 Å². The van der Waals surface area contributed by atoms with Gasteiger partial charge in [-0.25, -0.2) is 4.98 Å². The number of aromatic amines is 1. The van der Waals surface area contributed by atoms with Crippen molar-refractivity contribution < 1.29 is 4.74 Å². The number of ether oxygens (including phenoxy) is 1. The summed E-state index contributed by atoms with van der Waals surface area (Å²) in [5.74, 6) is 0.904.